The minimum absolute atomic E-state index is 0.0764. The fourth-order valence-corrected chi connectivity index (χ4v) is 4.59. The van der Waals surface area contributed by atoms with Gasteiger partial charge in [-0.3, -0.25) is 9.59 Å². The maximum atomic E-state index is 12.4. The molecule has 11 heteroatoms. The van der Waals surface area contributed by atoms with Gasteiger partial charge in [0, 0.05) is 25.5 Å². The number of ether oxygens (including phenoxy) is 1. The summed E-state index contributed by atoms with van der Waals surface area (Å²) < 4.78 is 12.1. The molecule has 0 bridgehead atoms. The lowest BCUT2D eigenvalue weighted by molar-refractivity contribution is -0.114. The van der Waals surface area contributed by atoms with Gasteiger partial charge in [0.15, 0.2) is 0 Å². The lowest BCUT2D eigenvalue weighted by Crippen LogP contribution is -2.15. The Morgan fingerprint density at radius 1 is 1.12 bits per heavy atom. The number of hydrogen-bond donors (Lipinski definition) is 2. The second kappa shape index (κ2) is 10.5. The molecule has 0 aliphatic heterocycles. The van der Waals surface area contributed by atoms with Gasteiger partial charge in [-0.05, 0) is 30.3 Å². The monoisotopic (exact) mass is 483 g/mol. The van der Waals surface area contributed by atoms with E-state index in [0.717, 1.165) is 27.0 Å². The van der Waals surface area contributed by atoms with Crippen LogP contribution in [0.1, 0.15) is 17.8 Å². The zero-order chi connectivity index (χ0) is 23.2. The lowest BCUT2D eigenvalue weighted by Gasteiger charge is -2.12. The van der Waals surface area contributed by atoms with Gasteiger partial charge in [0.1, 0.15) is 5.75 Å². The Morgan fingerprint density at radius 3 is 2.76 bits per heavy atom. The molecule has 0 fully saturated rings. The van der Waals surface area contributed by atoms with E-state index in [1.54, 1.807) is 29.5 Å². The van der Waals surface area contributed by atoms with Crippen molar-refractivity contribution in [3.05, 3.63) is 53.4 Å². The van der Waals surface area contributed by atoms with Crippen LogP contribution in [-0.4, -0.2) is 39.9 Å². The van der Waals surface area contributed by atoms with Gasteiger partial charge in [0.25, 0.3) is 5.22 Å². The number of aromatic nitrogens is 3. The first kappa shape index (κ1) is 22.7. The normalized spacial score (nSPS) is 10.8. The SMILES string of the molecule is COc1ccc(NC(C)=O)cc1NC(=O)CSc1nnc(CCc2nc3ccccc3s2)o1. The first-order valence-corrected chi connectivity index (χ1v) is 11.9. The van der Waals surface area contributed by atoms with Gasteiger partial charge in [-0.2, -0.15) is 0 Å². The first-order chi connectivity index (χ1) is 16.0. The number of anilines is 2. The summed E-state index contributed by atoms with van der Waals surface area (Å²) in [7, 11) is 1.51. The number of carbonyl (C=O) groups is 2. The molecule has 2 heterocycles. The third-order valence-corrected chi connectivity index (χ3v) is 6.37. The van der Waals surface area contributed by atoms with Gasteiger partial charge in [0.2, 0.25) is 17.7 Å². The Labute approximate surface area is 198 Å². The standard InChI is InChI=1S/C22H21N5O4S2/c1-13(28)23-14-7-8-17(30-2)16(11-14)24-19(29)12-32-22-27-26-20(31-22)9-10-21-25-15-5-3-4-6-18(15)33-21/h3-8,11H,9-10,12H2,1-2H3,(H,23,28)(H,24,29). The number of methoxy groups -OCH3 is 1. The maximum Gasteiger partial charge on any atom is 0.277 e. The molecule has 0 saturated carbocycles. The Balaban J connectivity index is 1.30. The van der Waals surface area contributed by atoms with Crippen molar-refractivity contribution in [2.75, 3.05) is 23.5 Å². The number of aryl methyl sites for hydroxylation is 2. The van der Waals surface area contributed by atoms with E-state index in [4.69, 9.17) is 9.15 Å². The number of benzene rings is 2. The first-order valence-electron chi connectivity index (χ1n) is 10.1. The average Bonchev–Trinajstić information content (AvgIpc) is 3.42. The van der Waals surface area contributed by atoms with Crippen LogP contribution in [0, 0.1) is 0 Å². The number of amides is 2. The minimum atomic E-state index is -0.271. The van der Waals surface area contributed by atoms with Crippen LogP contribution in [0.4, 0.5) is 11.4 Å². The number of nitrogens with one attached hydrogen (secondary N) is 2. The number of carbonyl (C=O) groups excluding carboxylic acids is 2. The molecule has 0 aliphatic rings. The molecule has 2 aromatic heterocycles. The molecule has 0 atom stereocenters. The van der Waals surface area contributed by atoms with Crippen LogP contribution >= 0.6 is 23.1 Å². The molecule has 2 amide bonds. The van der Waals surface area contributed by atoms with Crippen molar-refractivity contribution in [3.8, 4) is 5.75 Å². The summed E-state index contributed by atoms with van der Waals surface area (Å²) in [5.41, 5.74) is 2.00. The van der Waals surface area contributed by atoms with Crippen LogP contribution in [0.3, 0.4) is 0 Å². The van der Waals surface area contributed by atoms with Crippen molar-refractivity contribution >= 4 is 56.5 Å². The van der Waals surface area contributed by atoms with Crippen molar-refractivity contribution < 1.29 is 18.7 Å². The van der Waals surface area contributed by atoms with Crippen molar-refractivity contribution in [1.82, 2.24) is 15.2 Å². The predicted octanol–water partition coefficient (Wildman–Crippen LogP) is 4.16. The number of nitrogens with zero attached hydrogens (tertiary/aromatic N) is 3. The lowest BCUT2D eigenvalue weighted by atomic mass is 10.2. The summed E-state index contributed by atoms with van der Waals surface area (Å²) >= 11 is 2.80. The molecule has 0 radical (unpaired) electrons. The molecule has 2 aromatic carbocycles. The van der Waals surface area contributed by atoms with Crippen LogP contribution in [0.5, 0.6) is 5.75 Å². The Bertz CT molecular complexity index is 1250. The average molecular weight is 484 g/mol. The van der Waals surface area contributed by atoms with Gasteiger partial charge < -0.3 is 19.8 Å². The molecule has 170 valence electrons. The summed E-state index contributed by atoms with van der Waals surface area (Å²) in [4.78, 5) is 28.3. The highest BCUT2D eigenvalue weighted by atomic mass is 32.2. The van der Waals surface area contributed by atoms with Crippen molar-refractivity contribution in [3.63, 3.8) is 0 Å². The summed E-state index contributed by atoms with van der Waals surface area (Å²) in [6.07, 6.45) is 1.28. The van der Waals surface area contributed by atoms with E-state index < -0.39 is 0 Å². The molecule has 4 aromatic rings. The third-order valence-electron chi connectivity index (χ3n) is 4.46. The number of thioether (sulfide) groups is 1. The highest BCUT2D eigenvalue weighted by molar-refractivity contribution is 7.99. The van der Waals surface area contributed by atoms with Gasteiger partial charge in [0.05, 0.1) is 33.8 Å². The summed E-state index contributed by atoms with van der Waals surface area (Å²) in [5, 5.41) is 14.9. The third kappa shape index (κ3) is 6.08. The molecule has 0 saturated heterocycles. The zero-order valence-corrected chi connectivity index (χ0v) is 19.6. The van der Waals surface area contributed by atoms with E-state index >= 15 is 0 Å². The number of thiazole rings is 1. The molecule has 0 spiro atoms. The fraction of sp³-hybridized carbons (Fsp3) is 0.227. The van der Waals surface area contributed by atoms with Crippen molar-refractivity contribution in [2.45, 2.75) is 25.0 Å². The summed E-state index contributed by atoms with van der Waals surface area (Å²) in [5.74, 6) is 0.586. The van der Waals surface area contributed by atoms with E-state index in [9.17, 15) is 9.59 Å². The van der Waals surface area contributed by atoms with Crippen molar-refractivity contribution in [2.24, 2.45) is 0 Å². The second-order valence-electron chi connectivity index (χ2n) is 6.97. The van der Waals surface area contributed by atoms with E-state index in [0.29, 0.717) is 41.1 Å². The van der Waals surface area contributed by atoms with Gasteiger partial charge in [-0.1, -0.05) is 23.9 Å². The van der Waals surface area contributed by atoms with Crippen LogP contribution < -0.4 is 15.4 Å². The predicted molar refractivity (Wildman–Crippen MR) is 128 cm³/mol. The summed E-state index contributed by atoms with van der Waals surface area (Å²) in [6.45, 7) is 1.41. The van der Waals surface area contributed by atoms with Crippen LogP contribution in [-0.2, 0) is 22.4 Å². The fourth-order valence-electron chi connectivity index (χ4n) is 3.04. The molecule has 9 nitrogen and oxygen atoms in total. The van der Waals surface area contributed by atoms with Crippen LogP contribution in [0.2, 0.25) is 0 Å². The molecule has 0 unspecified atom stereocenters. The topological polar surface area (TPSA) is 119 Å². The highest BCUT2D eigenvalue weighted by Gasteiger charge is 2.13. The van der Waals surface area contributed by atoms with Crippen molar-refractivity contribution in [1.29, 1.82) is 0 Å². The van der Waals surface area contributed by atoms with E-state index in [1.165, 1.54) is 14.0 Å². The molecular formula is C22H21N5O4S2. The summed E-state index contributed by atoms with van der Waals surface area (Å²) in [6, 6.07) is 13.0. The van der Waals surface area contributed by atoms with E-state index in [1.807, 2.05) is 18.2 Å². The molecule has 2 N–H and O–H groups in total. The molecule has 4 rings (SSSR count). The second-order valence-corrected chi connectivity index (χ2v) is 9.01. The van der Waals surface area contributed by atoms with Crippen LogP contribution in [0.25, 0.3) is 10.2 Å². The molecule has 0 aliphatic carbocycles. The quantitative estimate of drug-likeness (QED) is 0.341. The number of hydrogen-bond acceptors (Lipinski definition) is 9. The molecule has 33 heavy (non-hydrogen) atoms. The van der Waals surface area contributed by atoms with E-state index in [-0.39, 0.29) is 17.6 Å². The van der Waals surface area contributed by atoms with Gasteiger partial charge >= 0.3 is 0 Å². The minimum Gasteiger partial charge on any atom is -0.495 e. The number of rotatable bonds is 9. The smallest absolute Gasteiger partial charge is 0.277 e. The van der Waals surface area contributed by atoms with E-state index in [2.05, 4.69) is 31.9 Å². The Kier molecular flexibility index (Phi) is 7.20. The Morgan fingerprint density at radius 2 is 1.97 bits per heavy atom. The molecular weight excluding hydrogens is 462 g/mol. The Hall–Kier alpha value is -3.44. The van der Waals surface area contributed by atoms with Gasteiger partial charge in [-0.25, -0.2) is 4.98 Å². The maximum absolute atomic E-state index is 12.4. The number of fused-ring (bicyclic) bond motifs is 1. The van der Waals surface area contributed by atoms with Crippen LogP contribution in [0.15, 0.2) is 52.1 Å². The van der Waals surface area contributed by atoms with Gasteiger partial charge in [-0.15, -0.1) is 21.5 Å². The highest BCUT2D eigenvalue weighted by Crippen LogP contribution is 2.28. The largest absolute Gasteiger partial charge is 0.495 e. The number of para-hydroxylation sites is 1. The zero-order valence-electron chi connectivity index (χ0n) is 18.0.